The molecular weight excluding hydrogens is 360 g/mol. The molecule has 0 aliphatic heterocycles. The molecule has 1 aromatic heterocycles. The van der Waals surface area contributed by atoms with E-state index in [2.05, 4.69) is 22.1 Å². The summed E-state index contributed by atoms with van der Waals surface area (Å²) in [7, 11) is 0. The van der Waals surface area contributed by atoms with Gasteiger partial charge in [0.1, 0.15) is 25.0 Å². The summed E-state index contributed by atoms with van der Waals surface area (Å²) in [6.45, 7) is 4.92. The maximum absolute atomic E-state index is 12.1. The first kappa shape index (κ1) is 23.0. The van der Waals surface area contributed by atoms with Crippen molar-refractivity contribution in [3.05, 3.63) is 23.0 Å². The van der Waals surface area contributed by atoms with Crippen LogP contribution in [0.25, 0.3) is 0 Å². The molecule has 0 bridgehead atoms. The number of pyridine rings is 1. The van der Waals surface area contributed by atoms with Crippen LogP contribution in [-0.2, 0) is 32.3 Å². The summed E-state index contributed by atoms with van der Waals surface area (Å²) in [5.41, 5.74) is 1.17. The Morgan fingerprint density at radius 1 is 1.21 bits per heavy atom. The molecule has 2 unspecified atom stereocenters. The molecule has 2 atom stereocenters. The highest BCUT2D eigenvalue weighted by molar-refractivity contribution is 5.75. The van der Waals surface area contributed by atoms with Crippen LogP contribution in [0.3, 0.4) is 0 Å². The van der Waals surface area contributed by atoms with E-state index in [-0.39, 0.29) is 31.4 Å². The molecular formula is C21H26N2O5. The lowest BCUT2D eigenvalue weighted by molar-refractivity contribution is -0.150. The Bertz CT molecular complexity index is 776. The Morgan fingerprint density at radius 2 is 1.89 bits per heavy atom. The van der Waals surface area contributed by atoms with Crippen LogP contribution in [0.5, 0.6) is 5.75 Å². The molecule has 1 aromatic rings. The predicted molar refractivity (Wildman–Crippen MR) is 104 cm³/mol. The molecule has 0 radical (unpaired) electrons. The summed E-state index contributed by atoms with van der Waals surface area (Å²) in [5, 5.41) is 13.1. The molecule has 0 spiro atoms. The zero-order valence-corrected chi connectivity index (χ0v) is 16.4. The maximum Gasteiger partial charge on any atom is 0.323 e. The molecule has 150 valence electrons. The number of ether oxygens (including phenoxy) is 2. The maximum atomic E-state index is 12.1. The van der Waals surface area contributed by atoms with Gasteiger partial charge >= 0.3 is 11.9 Å². The zero-order valence-electron chi connectivity index (χ0n) is 16.4. The third-order valence-corrected chi connectivity index (χ3v) is 4.15. The third kappa shape index (κ3) is 6.94. The topological polar surface area (TPSA) is 97.8 Å². The van der Waals surface area contributed by atoms with Crippen LogP contribution in [0.15, 0.2) is 6.20 Å². The normalized spacial score (nSPS) is 12.3. The summed E-state index contributed by atoms with van der Waals surface area (Å²) in [6, 6.07) is -0.598. The number of esters is 2. The van der Waals surface area contributed by atoms with Crippen LogP contribution >= 0.6 is 0 Å². The van der Waals surface area contributed by atoms with Gasteiger partial charge in [-0.2, -0.15) is 0 Å². The molecule has 28 heavy (non-hydrogen) atoms. The first-order chi connectivity index (χ1) is 13.3. The van der Waals surface area contributed by atoms with Crippen LogP contribution in [0, 0.1) is 37.5 Å². The second kappa shape index (κ2) is 11.6. The van der Waals surface area contributed by atoms with Crippen LogP contribution in [0.4, 0.5) is 0 Å². The van der Waals surface area contributed by atoms with E-state index in [1.165, 1.54) is 6.20 Å². The van der Waals surface area contributed by atoms with Gasteiger partial charge in [-0.05, 0) is 20.3 Å². The Morgan fingerprint density at radius 3 is 2.54 bits per heavy atom. The number of hydrogen-bond acceptors (Lipinski definition) is 7. The van der Waals surface area contributed by atoms with E-state index in [1.54, 1.807) is 20.8 Å². The van der Waals surface area contributed by atoms with Crippen molar-refractivity contribution in [2.24, 2.45) is 5.92 Å². The summed E-state index contributed by atoms with van der Waals surface area (Å²) >= 11 is 0. The number of aryl methyl sites for hydroxylation is 1. The van der Waals surface area contributed by atoms with E-state index in [0.717, 1.165) is 0 Å². The van der Waals surface area contributed by atoms with Crippen molar-refractivity contribution in [3.8, 4) is 30.4 Å². The lowest BCUT2D eigenvalue weighted by Crippen LogP contribution is -2.35. The van der Waals surface area contributed by atoms with Crippen molar-refractivity contribution >= 4 is 11.9 Å². The minimum Gasteiger partial charge on any atom is -0.506 e. The molecule has 2 N–H and O–H groups in total. The summed E-state index contributed by atoms with van der Waals surface area (Å²) in [4.78, 5) is 28.2. The van der Waals surface area contributed by atoms with Gasteiger partial charge in [-0.3, -0.25) is 19.9 Å². The highest BCUT2D eigenvalue weighted by Crippen LogP contribution is 2.25. The van der Waals surface area contributed by atoms with Gasteiger partial charge in [0.15, 0.2) is 0 Å². The van der Waals surface area contributed by atoms with Gasteiger partial charge in [0.2, 0.25) is 0 Å². The van der Waals surface area contributed by atoms with E-state index in [1.807, 2.05) is 0 Å². The third-order valence-electron chi connectivity index (χ3n) is 4.15. The molecule has 0 saturated heterocycles. The van der Waals surface area contributed by atoms with E-state index >= 15 is 0 Å². The monoisotopic (exact) mass is 386 g/mol. The van der Waals surface area contributed by atoms with Gasteiger partial charge in [-0.1, -0.05) is 12.8 Å². The van der Waals surface area contributed by atoms with Crippen molar-refractivity contribution in [2.45, 2.75) is 52.9 Å². The molecule has 0 fully saturated rings. The van der Waals surface area contributed by atoms with Crippen molar-refractivity contribution < 1.29 is 24.2 Å². The van der Waals surface area contributed by atoms with E-state index in [0.29, 0.717) is 29.7 Å². The largest absolute Gasteiger partial charge is 0.506 e. The van der Waals surface area contributed by atoms with Gasteiger partial charge in [-0.25, -0.2) is 0 Å². The summed E-state index contributed by atoms with van der Waals surface area (Å²) in [5.74, 6) is 3.50. The molecule has 0 aromatic carbocycles. The fourth-order valence-electron chi connectivity index (χ4n) is 2.24. The second-order valence-electron chi connectivity index (χ2n) is 6.36. The minimum absolute atomic E-state index is 0.0994. The minimum atomic E-state index is -0.598. The van der Waals surface area contributed by atoms with Crippen molar-refractivity contribution in [3.63, 3.8) is 0 Å². The average Bonchev–Trinajstić information content (AvgIpc) is 2.69. The Balaban J connectivity index is 2.80. The van der Waals surface area contributed by atoms with Crippen LogP contribution in [0.1, 0.15) is 43.5 Å². The van der Waals surface area contributed by atoms with Crippen LogP contribution < -0.4 is 5.32 Å². The fourth-order valence-corrected chi connectivity index (χ4v) is 2.24. The molecule has 0 aliphatic carbocycles. The number of terminal acetylenes is 2. The second-order valence-corrected chi connectivity index (χ2v) is 6.36. The fraction of sp³-hybridized carbons (Fsp3) is 0.476. The van der Waals surface area contributed by atoms with Gasteiger partial charge in [0.25, 0.3) is 0 Å². The van der Waals surface area contributed by atoms with Gasteiger partial charge in [-0.15, -0.1) is 18.8 Å². The van der Waals surface area contributed by atoms with Crippen LogP contribution in [0.2, 0.25) is 0 Å². The first-order valence-electron chi connectivity index (χ1n) is 8.91. The Kier molecular flexibility index (Phi) is 9.56. The van der Waals surface area contributed by atoms with Crippen molar-refractivity contribution in [1.82, 2.24) is 10.3 Å². The summed E-state index contributed by atoms with van der Waals surface area (Å²) in [6.07, 6.45) is 12.8. The Labute approximate surface area is 165 Å². The molecule has 7 heteroatoms. The van der Waals surface area contributed by atoms with Gasteiger partial charge in [0.05, 0.1) is 18.2 Å². The lowest BCUT2D eigenvalue weighted by Gasteiger charge is -2.16. The molecule has 1 heterocycles. The molecule has 0 amide bonds. The van der Waals surface area contributed by atoms with Crippen molar-refractivity contribution in [1.29, 1.82) is 0 Å². The first-order valence-corrected chi connectivity index (χ1v) is 8.91. The quantitative estimate of drug-likeness (QED) is 0.468. The van der Waals surface area contributed by atoms with Gasteiger partial charge < -0.3 is 14.6 Å². The predicted octanol–water partition coefficient (Wildman–Crippen LogP) is 1.84. The number of rotatable bonds is 10. The number of aromatic hydroxyl groups is 1. The zero-order chi connectivity index (χ0) is 21.1. The highest BCUT2D eigenvalue weighted by Gasteiger charge is 2.19. The van der Waals surface area contributed by atoms with E-state index in [9.17, 15) is 14.7 Å². The number of carbonyl (C=O) groups is 2. The molecule has 0 aliphatic rings. The smallest absolute Gasteiger partial charge is 0.323 e. The standard InChI is InChI=1S/C21H26N2O5/c1-6-8-9-14(3)20(25)27-12-17-11-23-15(4)19(24)18(17)13-28-21(26)16(5)22-10-7-2/h1-2,11,14,16,22,24H,8-10,12-13H2,3-5H3. The van der Waals surface area contributed by atoms with E-state index in [4.69, 9.17) is 22.3 Å². The number of hydrogen-bond donors (Lipinski definition) is 2. The van der Waals surface area contributed by atoms with Crippen molar-refractivity contribution in [2.75, 3.05) is 6.54 Å². The SMILES string of the molecule is C#CCCC(C)C(=O)OCc1cnc(C)c(O)c1COC(=O)C(C)NCC#C. The number of nitrogens with zero attached hydrogens (tertiary/aromatic N) is 1. The van der Waals surface area contributed by atoms with E-state index < -0.39 is 18.0 Å². The highest BCUT2D eigenvalue weighted by atomic mass is 16.5. The van der Waals surface area contributed by atoms with Crippen LogP contribution in [-0.4, -0.2) is 34.6 Å². The average molecular weight is 386 g/mol. The number of carbonyl (C=O) groups excluding carboxylic acids is 2. The summed E-state index contributed by atoms with van der Waals surface area (Å²) < 4.78 is 10.5. The number of aromatic nitrogens is 1. The molecule has 1 rings (SSSR count). The molecule has 7 nitrogen and oxygen atoms in total. The number of nitrogens with one attached hydrogen (secondary N) is 1. The molecule has 0 saturated carbocycles. The van der Waals surface area contributed by atoms with Gasteiger partial charge in [0, 0.05) is 23.7 Å². The Hall–Kier alpha value is -3.03. The lowest BCUT2D eigenvalue weighted by atomic mass is 10.1.